The van der Waals surface area contributed by atoms with Crippen LogP contribution in [0.1, 0.15) is 22.8 Å². The molecule has 0 radical (unpaired) electrons. The van der Waals surface area contributed by atoms with Crippen molar-refractivity contribution >= 4 is 11.6 Å². The maximum atomic E-state index is 10.2. The molecule has 0 saturated heterocycles. The fraction of sp³-hybridized carbons (Fsp3) is 0.154. The van der Waals surface area contributed by atoms with Crippen LogP contribution >= 0.6 is 11.6 Å². The van der Waals surface area contributed by atoms with Crippen molar-refractivity contribution in [2.45, 2.75) is 13.0 Å². The van der Waals surface area contributed by atoms with Crippen molar-refractivity contribution in [2.75, 3.05) is 0 Å². The Bertz CT molecular complexity index is 485. The first-order valence-electron chi connectivity index (χ1n) is 5.02. The molecule has 0 aliphatic carbocycles. The third kappa shape index (κ3) is 2.23. The first kappa shape index (κ1) is 11.1. The highest BCUT2D eigenvalue weighted by Crippen LogP contribution is 2.26. The minimum atomic E-state index is -0.674. The SMILES string of the molecule is Cc1ccc(Cl)cc1C(O)c1cccnc1. The number of aromatic nitrogens is 1. The van der Waals surface area contributed by atoms with Gasteiger partial charge in [0, 0.05) is 23.0 Å². The predicted octanol–water partition coefficient (Wildman–Crippen LogP) is 3.13. The van der Waals surface area contributed by atoms with Crippen molar-refractivity contribution in [3.63, 3.8) is 0 Å². The smallest absolute Gasteiger partial charge is 0.106 e. The van der Waals surface area contributed by atoms with Crippen LogP contribution < -0.4 is 0 Å². The number of aliphatic hydroxyl groups is 1. The van der Waals surface area contributed by atoms with Gasteiger partial charge in [0.15, 0.2) is 0 Å². The van der Waals surface area contributed by atoms with Gasteiger partial charge < -0.3 is 5.11 Å². The summed E-state index contributed by atoms with van der Waals surface area (Å²) in [4.78, 5) is 3.99. The quantitative estimate of drug-likeness (QED) is 0.865. The topological polar surface area (TPSA) is 33.1 Å². The molecule has 1 unspecified atom stereocenters. The second-order valence-corrected chi connectivity index (χ2v) is 4.13. The lowest BCUT2D eigenvalue weighted by molar-refractivity contribution is 0.219. The van der Waals surface area contributed by atoms with Gasteiger partial charge in [0.2, 0.25) is 0 Å². The van der Waals surface area contributed by atoms with Crippen molar-refractivity contribution in [1.82, 2.24) is 4.98 Å². The summed E-state index contributed by atoms with van der Waals surface area (Å²) in [5.41, 5.74) is 2.61. The van der Waals surface area contributed by atoms with Gasteiger partial charge in [-0.2, -0.15) is 0 Å². The van der Waals surface area contributed by atoms with Crippen LogP contribution in [0.15, 0.2) is 42.7 Å². The lowest BCUT2D eigenvalue weighted by Gasteiger charge is -2.13. The van der Waals surface area contributed by atoms with Gasteiger partial charge in [0.25, 0.3) is 0 Å². The zero-order valence-electron chi connectivity index (χ0n) is 8.89. The van der Waals surface area contributed by atoms with E-state index in [0.29, 0.717) is 5.02 Å². The molecule has 2 aromatic rings. The Morgan fingerprint density at radius 1 is 1.31 bits per heavy atom. The average Bonchev–Trinajstić information content (AvgIpc) is 2.32. The van der Waals surface area contributed by atoms with Crippen LogP contribution in [0.2, 0.25) is 5.02 Å². The van der Waals surface area contributed by atoms with Crippen LogP contribution in [0.25, 0.3) is 0 Å². The second kappa shape index (κ2) is 4.64. The van der Waals surface area contributed by atoms with Crippen LogP contribution in [0, 0.1) is 6.92 Å². The summed E-state index contributed by atoms with van der Waals surface area (Å²) in [6.45, 7) is 1.95. The van der Waals surface area contributed by atoms with Crippen LogP contribution in [-0.2, 0) is 0 Å². The zero-order valence-corrected chi connectivity index (χ0v) is 9.65. The summed E-state index contributed by atoms with van der Waals surface area (Å²) < 4.78 is 0. The number of nitrogens with zero attached hydrogens (tertiary/aromatic N) is 1. The second-order valence-electron chi connectivity index (χ2n) is 3.69. The monoisotopic (exact) mass is 233 g/mol. The highest BCUT2D eigenvalue weighted by molar-refractivity contribution is 6.30. The normalized spacial score (nSPS) is 12.4. The maximum absolute atomic E-state index is 10.2. The number of pyridine rings is 1. The third-order valence-electron chi connectivity index (χ3n) is 2.54. The van der Waals surface area contributed by atoms with Crippen molar-refractivity contribution in [1.29, 1.82) is 0 Å². The van der Waals surface area contributed by atoms with Crippen LogP contribution in [0.3, 0.4) is 0 Å². The van der Waals surface area contributed by atoms with E-state index in [1.807, 2.05) is 25.1 Å². The molecule has 0 fully saturated rings. The standard InChI is InChI=1S/C13H12ClNO/c1-9-4-5-11(14)7-12(9)13(16)10-3-2-6-15-8-10/h2-8,13,16H,1H3. The van der Waals surface area contributed by atoms with E-state index < -0.39 is 6.10 Å². The molecule has 2 nitrogen and oxygen atoms in total. The first-order chi connectivity index (χ1) is 7.68. The van der Waals surface area contributed by atoms with E-state index in [1.54, 1.807) is 24.5 Å². The molecule has 0 saturated carbocycles. The Hall–Kier alpha value is -1.38. The molecule has 1 heterocycles. The molecule has 3 heteroatoms. The number of benzene rings is 1. The van der Waals surface area contributed by atoms with E-state index in [2.05, 4.69) is 4.98 Å². The fourth-order valence-electron chi connectivity index (χ4n) is 1.62. The van der Waals surface area contributed by atoms with E-state index in [4.69, 9.17) is 11.6 Å². The van der Waals surface area contributed by atoms with E-state index in [-0.39, 0.29) is 0 Å². The molecule has 2 rings (SSSR count). The highest BCUT2D eigenvalue weighted by atomic mass is 35.5. The molecule has 82 valence electrons. The molecule has 0 aliphatic rings. The van der Waals surface area contributed by atoms with E-state index in [0.717, 1.165) is 16.7 Å². The number of aryl methyl sites for hydroxylation is 1. The molecule has 0 amide bonds. The zero-order chi connectivity index (χ0) is 11.5. The van der Waals surface area contributed by atoms with Gasteiger partial charge in [-0.25, -0.2) is 0 Å². The van der Waals surface area contributed by atoms with Crippen molar-refractivity contribution in [3.8, 4) is 0 Å². The fourth-order valence-corrected chi connectivity index (χ4v) is 1.80. The summed E-state index contributed by atoms with van der Waals surface area (Å²) >= 11 is 5.92. The van der Waals surface area contributed by atoms with Crippen LogP contribution in [0.5, 0.6) is 0 Å². The molecule has 0 aliphatic heterocycles. The number of hydrogen-bond acceptors (Lipinski definition) is 2. The van der Waals surface area contributed by atoms with E-state index in [1.165, 1.54) is 0 Å². The molecule has 1 aromatic carbocycles. The van der Waals surface area contributed by atoms with Crippen molar-refractivity contribution in [3.05, 3.63) is 64.4 Å². The lowest BCUT2D eigenvalue weighted by atomic mass is 9.99. The molecule has 1 N–H and O–H groups in total. The largest absolute Gasteiger partial charge is 0.384 e. The van der Waals surface area contributed by atoms with Gasteiger partial charge >= 0.3 is 0 Å². The molecular formula is C13H12ClNO. The summed E-state index contributed by atoms with van der Waals surface area (Å²) in [5.74, 6) is 0. The summed E-state index contributed by atoms with van der Waals surface area (Å²) in [7, 11) is 0. The summed E-state index contributed by atoms with van der Waals surface area (Å²) in [6, 6.07) is 9.15. The number of rotatable bonds is 2. The van der Waals surface area contributed by atoms with Crippen molar-refractivity contribution < 1.29 is 5.11 Å². The minimum Gasteiger partial charge on any atom is -0.384 e. The Kier molecular flexibility index (Phi) is 3.22. The molecular weight excluding hydrogens is 222 g/mol. The first-order valence-corrected chi connectivity index (χ1v) is 5.40. The van der Waals surface area contributed by atoms with Gasteiger partial charge in [-0.15, -0.1) is 0 Å². The number of halogens is 1. The lowest BCUT2D eigenvalue weighted by Crippen LogP contribution is -2.02. The van der Waals surface area contributed by atoms with Crippen molar-refractivity contribution in [2.24, 2.45) is 0 Å². The Morgan fingerprint density at radius 2 is 2.12 bits per heavy atom. The van der Waals surface area contributed by atoms with Gasteiger partial charge in [-0.05, 0) is 36.2 Å². The number of aliphatic hydroxyl groups excluding tert-OH is 1. The average molecular weight is 234 g/mol. The summed E-state index contributed by atoms with van der Waals surface area (Å²) in [5, 5.41) is 10.8. The Morgan fingerprint density at radius 3 is 2.81 bits per heavy atom. The minimum absolute atomic E-state index is 0.628. The molecule has 0 spiro atoms. The Balaban J connectivity index is 2.41. The predicted molar refractivity (Wildman–Crippen MR) is 64.5 cm³/mol. The molecule has 1 atom stereocenters. The Labute approximate surface area is 99.5 Å². The van der Waals surface area contributed by atoms with Crippen LogP contribution in [0.4, 0.5) is 0 Å². The maximum Gasteiger partial charge on any atom is 0.106 e. The highest BCUT2D eigenvalue weighted by Gasteiger charge is 2.13. The summed E-state index contributed by atoms with van der Waals surface area (Å²) in [6.07, 6.45) is 2.67. The van der Waals surface area contributed by atoms with Gasteiger partial charge in [-0.3, -0.25) is 4.98 Å². The van der Waals surface area contributed by atoms with Gasteiger partial charge in [0.1, 0.15) is 6.10 Å². The van der Waals surface area contributed by atoms with Gasteiger partial charge in [-0.1, -0.05) is 23.7 Å². The number of hydrogen-bond donors (Lipinski definition) is 1. The van der Waals surface area contributed by atoms with E-state index >= 15 is 0 Å². The third-order valence-corrected chi connectivity index (χ3v) is 2.77. The van der Waals surface area contributed by atoms with Crippen LogP contribution in [-0.4, -0.2) is 10.1 Å². The van der Waals surface area contributed by atoms with E-state index in [9.17, 15) is 5.11 Å². The molecule has 1 aromatic heterocycles. The van der Waals surface area contributed by atoms with Gasteiger partial charge in [0.05, 0.1) is 0 Å². The molecule has 16 heavy (non-hydrogen) atoms. The molecule has 0 bridgehead atoms.